The number of carbonyl (C=O) groups excluding carboxylic acids is 2. The number of nitrogens with one attached hydrogen (secondary N) is 2. The van der Waals surface area contributed by atoms with E-state index in [2.05, 4.69) is 15.6 Å². The lowest BCUT2D eigenvalue weighted by atomic mass is 10.2. The Kier molecular flexibility index (Phi) is 5.26. The molecule has 0 aliphatic rings. The van der Waals surface area contributed by atoms with Gasteiger partial charge >= 0.3 is 0 Å². The van der Waals surface area contributed by atoms with Crippen molar-refractivity contribution in [3.63, 3.8) is 0 Å². The molecule has 2 heterocycles. The van der Waals surface area contributed by atoms with Gasteiger partial charge in [-0.3, -0.25) is 14.9 Å². The highest BCUT2D eigenvalue weighted by atomic mass is 32.1. The SMILES string of the molecule is Cc1ccc(OCC(=O)Nc2ccc3nc(NC(=O)c4ccco4)sc3c2)cc1. The quantitative estimate of drug-likeness (QED) is 0.492. The Balaban J connectivity index is 1.38. The zero-order chi connectivity index (χ0) is 20.2. The normalized spacial score (nSPS) is 10.7. The molecule has 0 saturated carbocycles. The maximum Gasteiger partial charge on any atom is 0.293 e. The molecule has 4 aromatic rings. The highest BCUT2D eigenvalue weighted by molar-refractivity contribution is 7.22. The summed E-state index contributed by atoms with van der Waals surface area (Å²) in [7, 11) is 0. The lowest BCUT2D eigenvalue weighted by Gasteiger charge is -2.07. The predicted molar refractivity (Wildman–Crippen MR) is 112 cm³/mol. The van der Waals surface area contributed by atoms with Gasteiger partial charge in [-0.2, -0.15) is 0 Å². The molecule has 2 aromatic heterocycles. The number of carbonyl (C=O) groups is 2. The van der Waals surface area contributed by atoms with E-state index in [-0.39, 0.29) is 24.2 Å². The summed E-state index contributed by atoms with van der Waals surface area (Å²) in [5.41, 5.74) is 2.47. The fraction of sp³-hybridized carbons (Fsp3) is 0.0952. The number of aryl methyl sites for hydroxylation is 1. The van der Waals surface area contributed by atoms with Gasteiger partial charge in [0.2, 0.25) is 0 Å². The first-order chi connectivity index (χ1) is 14.1. The zero-order valence-corrected chi connectivity index (χ0v) is 16.3. The van der Waals surface area contributed by atoms with E-state index in [1.807, 2.05) is 31.2 Å². The molecule has 0 unspecified atom stereocenters. The summed E-state index contributed by atoms with van der Waals surface area (Å²) >= 11 is 1.31. The van der Waals surface area contributed by atoms with Crippen molar-refractivity contribution in [1.29, 1.82) is 0 Å². The zero-order valence-electron chi connectivity index (χ0n) is 15.5. The molecule has 2 aromatic carbocycles. The third-order valence-electron chi connectivity index (χ3n) is 4.03. The first-order valence-electron chi connectivity index (χ1n) is 8.81. The van der Waals surface area contributed by atoms with Crippen LogP contribution in [0.15, 0.2) is 65.3 Å². The molecule has 4 rings (SSSR count). The molecule has 0 bridgehead atoms. The lowest BCUT2D eigenvalue weighted by Crippen LogP contribution is -2.20. The average molecular weight is 407 g/mol. The number of anilines is 2. The summed E-state index contributed by atoms with van der Waals surface area (Å²) in [5, 5.41) is 5.96. The highest BCUT2D eigenvalue weighted by Gasteiger charge is 2.13. The molecular formula is C21H17N3O4S. The first-order valence-corrected chi connectivity index (χ1v) is 9.63. The Bertz CT molecular complexity index is 1150. The summed E-state index contributed by atoms with van der Waals surface area (Å²) in [6, 6.07) is 16.1. The van der Waals surface area contributed by atoms with Crippen molar-refractivity contribution in [3.8, 4) is 5.75 Å². The Hall–Kier alpha value is -3.65. The summed E-state index contributed by atoms with van der Waals surface area (Å²) in [4.78, 5) is 28.6. The summed E-state index contributed by atoms with van der Waals surface area (Å²) in [6.45, 7) is 1.90. The van der Waals surface area contributed by atoms with E-state index < -0.39 is 0 Å². The lowest BCUT2D eigenvalue weighted by molar-refractivity contribution is -0.118. The van der Waals surface area contributed by atoms with Crippen LogP contribution >= 0.6 is 11.3 Å². The minimum Gasteiger partial charge on any atom is -0.484 e. The summed E-state index contributed by atoms with van der Waals surface area (Å²) < 4.78 is 11.4. The standard InChI is InChI=1S/C21H17N3O4S/c1-13-4-7-15(8-5-13)28-12-19(25)22-14-6-9-16-18(11-14)29-21(23-16)24-20(26)17-3-2-10-27-17/h2-11H,12H2,1H3,(H,22,25)(H,23,24,26). The van der Waals surface area contributed by atoms with Crippen LogP contribution in [0.4, 0.5) is 10.8 Å². The molecule has 7 nitrogen and oxygen atoms in total. The second kappa shape index (κ2) is 8.15. The van der Waals surface area contributed by atoms with Crippen molar-refractivity contribution in [1.82, 2.24) is 4.98 Å². The number of nitrogens with zero attached hydrogens (tertiary/aromatic N) is 1. The van der Waals surface area contributed by atoms with Crippen LogP contribution < -0.4 is 15.4 Å². The van der Waals surface area contributed by atoms with Gasteiger partial charge in [-0.25, -0.2) is 4.98 Å². The summed E-state index contributed by atoms with van der Waals surface area (Å²) in [6.07, 6.45) is 1.44. The number of ether oxygens (including phenoxy) is 1. The molecule has 0 radical (unpaired) electrons. The van der Waals surface area contributed by atoms with Crippen LogP contribution in [0.3, 0.4) is 0 Å². The fourth-order valence-corrected chi connectivity index (χ4v) is 3.50. The minimum atomic E-state index is -0.365. The average Bonchev–Trinajstić information content (AvgIpc) is 3.37. The minimum absolute atomic E-state index is 0.0890. The number of amides is 2. The maximum atomic E-state index is 12.2. The smallest absolute Gasteiger partial charge is 0.293 e. The van der Waals surface area contributed by atoms with Crippen molar-refractivity contribution in [2.45, 2.75) is 6.92 Å². The van der Waals surface area contributed by atoms with Crippen LogP contribution in [0, 0.1) is 6.92 Å². The van der Waals surface area contributed by atoms with Crippen molar-refractivity contribution >= 4 is 44.2 Å². The van der Waals surface area contributed by atoms with Gasteiger partial charge in [0.1, 0.15) is 5.75 Å². The number of rotatable bonds is 6. The van der Waals surface area contributed by atoms with Crippen molar-refractivity contribution in [2.24, 2.45) is 0 Å². The van der Waals surface area contributed by atoms with Gasteiger partial charge in [-0.05, 0) is 49.4 Å². The monoisotopic (exact) mass is 407 g/mol. The second-order valence-corrected chi connectivity index (χ2v) is 7.31. The van der Waals surface area contributed by atoms with Crippen molar-refractivity contribution in [3.05, 3.63) is 72.2 Å². The second-order valence-electron chi connectivity index (χ2n) is 6.28. The number of fused-ring (bicyclic) bond motifs is 1. The van der Waals surface area contributed by atoms with Crippen LogP contribution in [0.2, 0.25) is 0 Å². The van der Waals surface area contributed by atoms with Crippen molar-refractivity contribution < 1.29 is 18.7 Å². The molecule has 146 valence electrons. The molecule has 0 aliphatic carbocycles. The molecule has 0 aliphatic heterocycles. The van der Waals surface area contributed by atoms with Crippen LogP contribution in [-0.2, 0) is 4.79 Å². The van der Waals surface area contributed by atoms with E-state index in [1.165, 1.54) is 17.6 Å². The Morgan fingerprint density at radius 3 is 2.69 bits per heavy atom. The van der Waals surface area contributed by atoms with E-state index in [0.29, 0.717) is 16.6 Å². The van der Waals surface area contributed by atoms with E-state index in [4.69, 9.17) is 9.15 Å². The van der Waals surface area contributed by atoms with Crippen LogP contribution in [0.5, 0.6) is 5.75 Å². The Labute approximate surface area is 170 Å². The Morgan fingerprint density at radius 1 is 1.10 bits per heavy atom. The molecular weight excluding hydrogens is 390 g/mol. The third kappa shape index (κ3) is 4.61. The molecule has 8 heteroatoms. The van der Waals surface area contributed by atoms with Gasteiger partial charge in [0, 0.05) is 5.69 Å². The van der Waals surface area contributed by atoms with Crippen LogP contribution in [0.1, 0.15) is 16.1 Å². The largest absolute Gasteiger partial charge is 0.484 e. The van der Waals surface area contributed by atoms with E-state index >= 15 is 0 Å². The number of benzene rings is 2. The van der Waals surface area contributed by atoms with E-state index in [0.717, 1.165) is 15.8 Å². The van der Waals surface area contributed by atoms with Gasteiger partial charge in [0.25, 0.3) is 11.8 Å². The molecule has 0 saturated heterocycles. The van der Waals surface area contributed by atoms with Gasteiger partial charge < -0.3 is 14.5 Å². The van der Waals surface area contributed by atoms with E-state index in [9.17, 15) is 9.59 Å². The van der Waals surface area contributed by atoms with Crippen LogP contribution in [-0.4, -0.2) is 23.4 Å². The number of hydrogen-bond acceptors (Lipinski definition) is 6. The van der Waals surface area contributed by atoms with E-state index in [1.54, 1.807) is 30.3 Å². The van der Waals surface area contributed by atoms with Gasteiger partial charge in [-0.15, -0.1) is 0 Å². The molecule has 0 atom stereocenters. The topological polar surface area (TPSA) is 93.5 Å². The molecule has 0 spiro atoms. The number of thiazole rings is 1. The van der Waals surface area contributed by atoms with Crippen molar-refractivity contribution in [2.75, 3.05) is 17.2 Å². The highest BCUT2D eigenvalue weighted by Crippen LogP contribution is 2.28. The van der Waals surface area contributed by atoms with Gasteiger partial charge in [0.05, 0.1) is 16.5 Å². The Morgan fingerprint density at radius 2 is 1.93 bits per heavy atom. The third-order valence-corrected chi connectivity index (χ3v) is 4.96. The van der Waals surface area contributed by atoms with Crippen LogP contribution in [0.25, 0.3) is 10.2 Å². The first kappa shape index (κ1) is 18.7. The maximum absolute atomic E-state index is 12.2. The molecule has 29 heavy (non-hydrogen) atoms. The van der Waals surface area contributed by atoms with Gasteiger partial charge in [-0.1, -0.05) is 29.0 Å². The molecule has 2 N–H and O–H groups in total. The number of furan rings is 1. The molecule has 2 amide bonds. The van der Waals surface area contributed by atoms with Gasteiger partial charge in [0.15, 0.2) is 17.5 Å². The predicted octanol–water partition coefficient (Wildman–Crippen LogP) is 4.47. The summed E-state index contributed by atoms with van der Waals surface area (Å²) in [5.74, 6) is 0.225. The molecule has 0 fully saturated rings. The fourth-order valence-electron chi connectivity index (χ4n) is 2.60. The number of hydrogen-bond donors (Lipinski definition) is 2. The number of aromatic nitrogens is 1.